The van der Waals surface area contributed by atoms with Gasteiger partial charge in [0.15, 0.2) is 0 Å². The number of thioether (sulfide) groups is 1. The highest BCUT2D eigenvalue weighted by atomic mass is 32.2. The van der Waals surface area contributed by atoms with Crippen molar-refractivity contribution in [2.24, 2.45) is 4.99 Å². The Labute approximate surface area is 162 Å². The van der Waals surface area contributed by atoms with Crippen molar-refractivity contribution in [2.45, 2.75) is 6.92 Å². The largest absolute Gasteiger partial charge is 0.506 e. The van der Waals surface area contributed by atoms with Gasteiger partial charge in [0.05, 0.1) is 24.3 Å². The van der Waals surface area contributed by atoms with Crippen LogP contribution in [0.3, 0.4) is 0 Å². The predicted molar refractivity (Wildman–Crippen MR) is 108 cm³/mol. The number of aliphatic hydroxyl groups is 1. The second kappa shape index (κ2) is 8.60. The molecule has 0 aliphatic carbocycles. The lowest BCUT2D eigenvalue weighted by Crippen LogP contribution is -2.12. The van der Waals surface area contributed by atoms with Crippen molar-refractivity contribution in [1.29, 1.82) is 0 Å². The molecule has 5 nitrogen and oxygen atoms in total. The second-order valence-electron chi connectivity index (χ2n) is 5.58. The maximum absolute atomic E-state index is 12.4. The third kappa shape index (κ3) is 4.41. The smallest absolute Gasteiger partial charge is 0.344 e. The first kappa shape index (κ1) is 18.8. The fourth-order valence-corrected chi connectivity index (χ4v) is 3.50. The number of aliphatic imine (C=N–C) groups is 1. The Morgan fingerprint density at radius 3 is 2.48 bits per heavy atom. The first-order valence-electron chi connectivity index (χ1n) is 8.40. The molecule has 27 heavy (non-hydrogen) atoms. The number of benzene rings is 2. The number of aliphatic hydroxyl groups excluding tert-OH is 1. The van der Waals surface area contributed by atoms with Crippen LogP contribution >= 0.6 is 11.8 Å². The monoisotopic (exact) mass is 381 g/mol. The van der Waals surface area contributed by atoms with E-state index in [1.807, 2.05) is 36.4 Å². The van der Waals surface area contributed by atoms with E-state index >= 15 is 0 Å². The van der Waals surface area contributed by atoms with E-state index in [1.165, 1.54) is 11.8 Å². The van der Waals surface area contributed by atoms with Crippen molar-refractivity contribution in [2.75, 3.05) is 13.7 Å². The van der Waals surface area contributed by atoms with Crippen LogP contribution in [0.4, 0.5) is 5.69 Å². The van der Waals surface area contributed by atoms with E-state index < -0.39 is 5.97 Å². The van der Waals surface area contributed by atoms with Crippen molar-refractivity contribution < 1.29 is 19.4 Å². The van der Waals surface area contributed by atoms with Gasteiger partial charge in [0.1, 0.15) is 22.1 Å². The van der Waals surface area contributed by atoms with Gasteiger partial charge in [-0.25, -0.2) is 9.79 Å². The number of nitrogens with zero attached hydrogens (tertiary/aromatic N) is 1. The molecule has 6 heteroatoms. The molecule has 1 heterocycles. The minimum absolute atomic E-state index is 0.0832. The molecule has 0 saturated carbocycles. The third-order valence-electron chi connectivity index (χ3n) is 3.77. The van der Waals surface area contributed by atoms with E-state index in [0.717, 1.165) is 5.56 Å². The van der Waals surface area contributed by atoms with Gasteiger partial charge < -0.3 is 14.6 Å². The molecule has 0 spiro atoms. The van der Waals surface area contributed by atoms with Gasteiger partial charge in [-0.1, -0.05) is 42.1 Å². The summed E-state index contributed by atoms with van der Waals surface area (Å²) in [6.45, 7) is 1.94. The molecule has 2 aromatic carbocycles. The molecule has 2 aromatic rings. The number of methoxy groups -OCH3 is 1. The SMILES string of the molecule is CCOC(=O)C1=C(O)C(=Cc2ccccc2)SC1=Nc1ccc(OC)cc1. The van der Waals surface area contributed by atoms with E-state index in [2.05, 4.69) is 4.99 Å². The van der Waals surface area contributed by atoms with Gasteiger partial charge in [-0.2, -0.15) is 0 Å². The lowest BCUT2D eigenvalue weighted by Gasteiger charge is -2.04. The van der Waals surface area contributed by atoms with Crippen LogP contribution in [0.15, 0.2) is 75.8 Å². The molecule has 0 aromatic heterocycles. The summed E-state index contributed by atoms with van der Waals surface area (Å²) >= 11 is 1.24. The fourth-order valence-electron chi connectivity index (χ4n) is 2.47. The maximum atomic E-state index is 12.4. The average molecular weight is 381 g/mol. The number of hydrogen-bond donors (Lipinski definition) is 1. The molecule has 1 aliphatic heterocycles. The van der Waals surface area contributed by atoms with Crippen LogP contribution in [-0.2, 0) is 9.53 Å². The summed E-state index contributed by atoms with van der Waals surface area (Å²) in [5.74, 6) is 0.00693. The van der Waals surface area contributed by atoms with Crippen LogP contribution in [-0.4, -0.2) is 29.8 Å². The van der Waals surface area contributed by atoms with Crippen LogP contribution in [0.25, 0.3) is 6.08 Å². The summed E-state index contributed by atoms with van der Waals surface area (Å²) < 4.78 is 10.2. The van der Waals surface area contributed by atoms with E-state index in [0.29, 0.717) is 21.4 Å². The summed E-state index contributed by atoms with van der Waals surface area (Å²) in [7, 11) is 1.59. The zero-order valence-electron chi connectivity index (χ0n) is 15.0. The lowest BCUT2D eigenvalue weighted by atomic mass is 10.1. The molecule has 138 valence electrons. The zero-order valence-corrected chi connectivity index (χ0v) is 15.8. The van der Waals surface area contributed by atoms with Crippen LogP contribution < -0.4 is 4.74 Å². The van der Waals surface area contributed by atoms with E-state index in [-0.39, 0.29) is 17.9 Å². The van der Waals surface area contributed by atoms with Crippen LogP contribution in [0, 0.1) is 0 Å². The van der Waals surface area contributed by atoms with Crippen LogP contribution in [0.2, 0.25) is 0 Å². The topological polar surface area (TPSA) is 68.1 Å². The van der Waals surface area contributed by atoms with E-state index in [4.69, 9.17) is 9.47 Å². The summed E-state index contributed by atoms with van der Waals surface area (Å²) in [5.41, 5.74) is 1.65. The van der Waals surface area contributed by atoms with Crippen molar-refractivity contribution >= 4 is 34.5 Å². The van der Waals surface area contributed by atoms with Crippen molar-refractivity contribution in [3.8, 4) is 5.75 Å². The highest BCUT2D eigenvalue weighted by molar-refractivity contribution is 8.18. The zero-order chi connectivity index (χ0) is 19.2. The normalized spacial score (nSPS) is 16.8. The summed E-state index contributed by atoms with van der Waals surface area (Å²) in [6, 6.07) is 16.7. The van der Waals surface area contributed by atoms with E-state index in [1.54, 1.807) is 38.3 Å². The van der Waals surface area contributed by atoms with Gasteiger partial charge in [-0.3, -0.25) is 0 Å². The molecule has 1 aliphatic rings. The molecule has 3 rings (SSSR count). The highest BCUT2D eigenvalue weighted by Gasteiger charge is 2.33. The molecule has 1 N–H and O–H groups in total. The lowest BCUT2D eigenvalue weighted by molar-refractivity contribution is -0.138. The van der Waals surface area contributed by atoms with E-state index in [9.17, 15) is 9.90 Å². The Kier molecular flexibility index (Phi) is 5.98. The Balaban J connectivity index is 2.00. The number of carbonyl (C=O) groups excluding carboxylic acids is 1. The molecule has 0 amide bonds. The van der Waals surface area contributed by atoms with Gasteiger partial charge >= 0.3 is 5.97 Å². The molecular formula is C21H19NO4S. The van der Waals surface area contributed by atoms with Crippen LogP contribution in [0.5, 0.6) is 5.75 Å². The summed E-state index contributed by atoms with van der Waals surface area (Å²) in [5, 5.41) is 11.0. The molecule has 0 atom stereocenters. The number of rotatable bonds is 5. The molecule has 0 radical (unpaired) electrons. The quantitative estimate of drug-likeness (QED) is 0.747. The average Bonchev–Trinajstić information content (AvgIpc) is 2.98. The first-order valence-corrected chi connectivity index (χ1v) is 9.22. The Bertz CT molecular complexity index is 915. The number of esters is 1. The molecule has 0 unspecified atom stereocenters. The van der Waals surface area contributed by atoms with Crippen molar-refractivity contribution in [3.63, 3.8) is 0 Å². The van der Waals surface area contributed by atoms with Gasteiger partial charge in [0.25, 0.3) is 0 Å². The maximum Gasteiger partial charge on any atom is 0.344 e. The Hall–Kier alpha value is -2.99. The first-order chi connectivity index (χ1) is 13.1. The minimum Gasteiger partial charge on any atom is -0.506 e. The molecule has 0 saturated heterocycles. The summed E-state index contributed by atoms with van der Waals surface area (Å²) in [6.07, 6.45) is 1.82. The van der Waals surface area contributed by atoms with Crippen LogP contribution in [0.1, 0.15) is 12.5 Å². The Morgan fingerprint density at radius 2 is 1.85 bits per heavy atom. The molecule has 0 fully saturated rings. The minimum atomic E-state index is -0.591. The van der Waals surface area contributed by atoms with Gasteiger partial charge in [-0.15, -0.1) is 0 Å². The number of ether oxygens (including phenoxy) is 2. The predicted octanol–water partition coefficient (Wildman–Crippen LogP) is 4.89. The second-order valence-corrected chi connectivity index (χ2v) is 6.61. The standard InChI is InChI=1S/C21H19NO4S/c1-3-26-21(24)18-19(23)17(13-14-7-5-4-6-8-14)27-20(18)22-15-9-11-16(25-2)12-10-15/h4-13,23H,3H2,1-2H3. The third-order valence-corrected chi connectivity index (χ3v) is 4.79. The summed E-state index contributed by atoms with van der Waals surface area (Å²) in [4.78, 5) is 17.5. The van der Waals surface area contributed by atoms with Gasteiger partial charge in [-0.05, 0) is 42.8 Å². The van der Waals surface area contributed by atoms with Gasteiger partial charge in [0.2, 0.25) is 0 Å². The number of hydrogen-bond acceptors (Lipinski definition) is 6. The number of carbonyl (C=O) groups is 1. The van der Waals surface area contributed by atoms with Gasteiger partial charge in [0, 0.05) is 0 Å². The Morgan fingerprint density at radius 1 is 1.15 bits per heavy atom. The highest BCUT2D eigenvalue weighted by Crippen LogP contribution is 2.40. The fraction of sp³-hybridized carbons (Fsp3) is 0.143. The van der Waals surface area contributed by atoms with Crippen molar-refractivity contribution in [3.05, 3.63) is 76.4 Å². The van der Waals surface area contributed by atoms with Crippen molar-refractivity contribution in [1.82, 2.24) is 0 Å². The molecular weight excluding hydrogens is 362 g/mol. The molecule has 0 bridgehead atoms.